The van der Waals surface area contributed by atoms with Gasteiger partial charge in [0.25, 0.3) is 0 Å². The minimum Gasteiger partial charge on any atom is -0.400 e. The van der Waals surface area contributed by atoms with Crippen molar-refractivity contribution in [3.63, 3.8) is 0 Å². The van der Waals surface area contributed by atoms with Gasteiger partial charge in [-0.2, -0.15) is 6.07 Å². The minimum absolute atomic E-state index is 0. The van der Waals surface area contributed by atoms with Gasteiger partial charge in [0.2, 0.25) is 0 Å². The molecule has 0 saturated heterocycles. The van der Waals surface area contributed by atoms with Gasteiger partial charge in [-0.15, -0.1) is 24.2 Å². The summed E-state index contributed by atoms with van der Waals surface area (Å²) >= 11 is 0. The van der Waals surface area contributed by atoms with Crippen molar-refractivity contribution in [1.82, 2.24) is 15.0 Å². The Morgan fingerprint density at radius 2 is 1.85 bits per heavy atom. The van der Waals surface area contributed by atoms with Crippen LogP contribution < -0.4 is 0 Å². The van der Waals surface area contributed by atoms with E-state index in [1.54, 1.807) is 18.6 Å². The number of pyridine rings is 1. The normalized spacial score (nSPS) is 8.92. The molecule has 0 aliphatic heterocycles. The molecule has 0 spiro atoms. The van der Waals surface area contributed by atoms with E-state index in [-0.39, 0.29) is 32.7 Å². The summed E-state index contributed by atoms with van der Waals surface area (Å²) in [5.74, 6) is 0. The molecule has 0 amide bonds. The Bertz CT molecular complexity index is 312. The van der Waals surface area contributed by atoms with E-state index in [1.165, 1.54) is 0 Å². The first-order valence-corrected chi connectivity index (χ1v) is 3.48. The number of rotatable bonds is 1. The van der Waals surface area contributed by atoms with Crippen molar-refractivity contribution < 1.29 is 32.7 Å². The smallest absolute Gasteiger partial charge is 0 e. The standard InChI is InChI=1S/C9H5N3.Y/c1-2-8(6-10-3-1)9-7-11-4-5-12-9;/h1-5H;/q-2;. The van der Waals surface area contributed by atoms with E-state index in [2.05, 4.69) is 27.3 Å². The predicted molar refractivity (Wildman–Crippen MR) is 42.9 cm³/mol. The van der Waals surface area contributed by atoms with Gasteiger partial charge in [0.1, 0.15) is 0 Å². The predicted octanol–water partition coefficient (Wildman–Crippen LogP) is 1.14. The van der Waals surface area contributed by atoms with E-state index in [4.69, 9.17) is 0 Å². The molecule has 2 aromatic heterocycles. The van der Waals surface area contributed by atoms with Crippen LogP contribution in [0.4, 0.5) is 0 Å². The second-order valence-electron chi connectivity index (χ2n) is 2.18. The van der Waals surface area contributed by atoms with Gasteiger partial charge in [-0.1, -0.05) is 12.4 Å². The monoisotopic (exact) mass is 244 g/mol. The van der Waals surface area contributed by atoms with E-state index in [9.17, 15) is 0 Å². The molecule has 0 saturated carbocycles. The molecule has 4 heteroatoms. The van der Waals surface area contributed by atoms with Crippen molar-refractivity contribution in [3.8, 4) is 11.3 Å². The van der Waals surface area contributed by atoms with Gasteiger partial charge in [0, 0.05) is 32.7 Å². The molecule has 2 heterocycles. The van der Waals surface area contributed by atoms with Gasteiger partial charge >= 0.3 is 0 Å². The Morgan fingerprint density at radius 3 is 2.46 bits per heavy atom. The second kappa shape index (κ2) is 5.15. The molecule has 0 aromatic carbocycles. The average molecular weight is 244 g/mol. The van der Waals surface area contributed by atoms with Crippen molar-refractivity contribution in [2.24, 2.45) is 0 Å². The van der Waals surface area contributed by atoms with Crippen molar-refractivity contribution in [3.05, 3.63) is 43.1 Å². The van der Waals surface area contributed by atoms with Gasteiger partial charge in [-0.25, -0.2) is 5.56 Å². The van der Waals surface area contributed by atoms with Crippen LogP contribution in [0.2, 0.25) is 0 Å². The van der Waals surface area contributed by atoms with Crippen molar-refractivity contribution >= 4 is 0 Å². The summed E-state index contributed by atoms with van der Waals surface area (Å²) in [5.41, 5.74) is 1.48. The zero-order chi connectivity index (χ0) is 8.23. The molecule has 0 aliphatic carbocycles. The molecule has 2 rings (SSSR count). The van der Waals surface area contributed by atoms with Crippen LogP contribution in [0, 0.1) is 12.4 Å². The molecule has 0 atom stereocenters. The number of hydrogen-bond acceptors (Lipinski definition) is 3. The van der Waals surface area contributed by atoms with Crippen LogP contribution in [-0.2, 0) is 32.7 Å². The summed E-state index contributed by atoms with van der Waals surface area (Å²) in [6.07, 6.45) is 10.4. The van der Waals surface area contributed by atoms with Crippen molar-refractivity contribution in [2.75, 3.05) is 0 Å². The SMILES string of the molecule is [Y].[c-]1ncccc1-c1[c-]nccn1. The average Bonchev–Trinajstić information content (AvgIpc) is 2.21. The quantitative estimate of drug-likeness (QED) is 0.706. The molecule has 2 aromatic rings. The van der Waals surface area contributed by atoms with Gasteiger partial charge in [-0.05, 0) is 6.20 Å². The molecule has 3 nitrogen and oxygen atoms in total. The maximum Gasteiger partial charge on any atom is 0 e. The zero-order valence-corrected chi connectivity index (χ0v) is 9.64. The largest absolute Gasteiger partial charge is 0.400 e. The second-order valence-corrected chi connectivity index (χ2v) is 2.18. The van der Waals surface area contributed by atoms with Crippen LogP contribution in [0.3, 0.4) is 0 Å². The number of aromatic nitrogens is 3. The molecular weight excluding hydrogens is 239 g/mol. The molecule has 0 aliphatic rings. The zero-order valence-electron chi connectivity index (χ0n) is 6.81. The van der Waals surface area contributed by atoms with Gasteiger partial charge < -0.3 is 15.0 Å². The molecule has 0 N–H and O–H groups in total. The number of nitrogens with zero attached hydrogens (tertiary/aromatic N) is 3. The summed E-state index contributed by atoms with van der Waals surface area (Å²) in [4.78, 5) is 11.7. The Labute approximate surface area is 102 Å². The maximum absolute atomic E-state index is 4.06. The third-order valence-corrected chi connectivity index (χ3v) is 1.38. The van der Waals surface area contributed by atoms with Crippen LogP contribution in [0.25, 0.3) is 11.3 Å². The molecule has 61 valence electrons. The van der Waals surface area contributed by atoms with E-state index in [1.807, 2.05) is 12.1 Å². The van der Waals surface area contributed by atoms with Crippen molar-refractivity contribution in [1.29, 1.82) is 0 Å². The van der Waals surface area contributed by atoms with E-state index < -0.39 is 0 Å². The van der Waals surface area contributed by atoms with Gasteiger partial charge in [0.05, 0.1) is 0 Å². The van der Waals surface area contributed by atoms with E-state index in [0.29, 0.717) is 5.69 Å². The molecule has 0 unspecified atom stereocenters. The van der Waals surface area contributed by atoms with E-state index in [0.717, 1.165) is 5.56 Å². The minimum atomic E-state index is 0. The fraction of sp³-hybridized carbons (Fsp3) is 0. The molecule has 0 bridgehead atoms. The number of hydrogen-bond donors (Lipinski definition) is 0. The van der Waals surface area contributed by atoms with Crippen LogP contribution in [0.5, 0.6) is 0 Å². The van der Waals surface area contributed by atoms with Gasteiger partial charge in [-0.3, -0.25) is 0 Å². The molecule has 1 radical (unpaired) electrons. The fourth-order valence-electron chi connectivity index (χ4n) is 0.857. The van der Waals surface area contributed by atoms with Crippen molar-refractivity contribution in [2.45, 2.75) is 0 Å². The van der Waals surface area contributed by atoms with Crippen LogP contribution in [0.15, 0.2) is 30.7 Å². The van der Waals surface area contributed by atoms with Gasteiger partial charge in [0.15, 0.2) is 0 Å². The molecular formula is C9H5N3Y-2. The third-order valence-electron chi connectivity index (χ3n) is 1.38. The first-order valence-electron chi connectivity index (χ1n) is 3.48. The Hall–Kier alpha value is -0.666. The maximum atomic E-state index is 4.06. The first kappa shape index (κ1) is 10.4. The van der Waals surface area contributed by atoms with Crippen LogP contribution in [0.1, 0.15) is 0 Å². The Balaban J connectivity index is 0.000000845. The molecule has 0 fully saturated rings. The fourth-order valence-corrected chi connectivity index (χ4v) is 0.857. The third kappa shape index (κ3) is 2.64. The summed E-state index contributed by atoms with van der Waals surface area (Å²) < 4.78 is 0. The van der Waals surface area contributed by atoms with Crippen LogP contribution in [-0.4, -0.2) is 15.0 Å². The Morgan fingerprint density at radius 1 is 1.00 bits per heavy atom. The summed E-state index contributed by atoms with van der Waals surface area (Å²) in [6.45, 7) is 0. The first-order chi connectivity index (χ1) is 5.97. The van der Waals surface area contributed by atoms with E-state index >= 15 is 0 Å². The summed E-state index contributed by atoms with van der Waals surface area (Å²) in [6, 6.07) is 3.70. The van der Waals surface area contributed by atoms with Crippen LogP contribution >= 0.6 is 0 Å². The summed E-state index contributed by atoms with van der Waals surface area (Å²) in [5, 5.41) is 0. The Kier molecular flexibility index (Phi) is 4.12. The molecule has 13 heavy (non-hydrogen) atoms. The summed E-state index contributed by atoms with van der Waals surface area (Å²) in [7, 11) is 0. The topological polar surface area (TPSA) is 38.7 Å².